The van der Waals surface area contributed by atoms with Crippen molar-refractivity contribution in [1.82, 2.24) is 0 Å². The first-order valence-electron chi connectivity index (χ1n) is 4.97. The molecule has 0 N–H and O–H groups in total. The third-order valence-electron chi connectivity index (χ3n) is 3.47. The average Bonchev–Trinajstić information content (AvgIpc) is 2.05. The SMILES string of the molecule is C1CCC2CCCCC2C1.[KH]. The number of hydrogen-bond donors (Lipinski definition) is 0. The molecule has 0 unspecified atom stereocenters. The molecule has 0 aliphatic heterocycles. The van der Waals surface area contributed by atoms with Crippen molar-refractivity contribution in [3.8, 4) is 0 Å². The van der Waals surface area contributed by atoms with Crippen LogP contribution in [0.3, 0.4) is 0 Å². The summed E-state index contributed by atoms with van der Waals surface area (Å²) in [6.45, 7) is 0. The summed E-state index contributed by atoms with van der Waals surface area (Å²) >= 11 is 0. The number of hydrogen-bond acceptors (Lipinski definition) is 0. The summed E-state index contributed by atoms with van der Waals surface area (Å²) in [7, 11) is 0. The summed E-state index contributed by atoms with van der Waals surface area (Å²) in [4.78, 5) is 0. The van der Waals surface area contributed by atoms with Crippen LogP contribution < -0.4 is 0 Å². The Morgan fingerprint density at radius 2 is 0.818 bits per heavy atom. The van der Waals surface area contributed by atoms with Gasteiger partial charge in [-0.05, 0) is 11.8 Å². The Balaban J connectivity index is 0.000000605. The molecule has 2 fully saturated rings. The van der Waals surface area contributed by atoms with E-state index in [1.165, 1.54) is 25.7 Å². The molecular formula is C10H19K. The molecule has 0 bridgehead atoms. The van der Waals surface area contributed by atoms with E-state index in [2.05, 4.69) is 0 Å². The van der Waals surface area contributed by atoms with Crippen molar-refractivity contribution in [2.24, 2.45) is 11.8 Å². The number of fused-ring (bicyclic) bond motifs is 1. The second-order valence-electron chi connectivity index (χ2n) is 4.09. The van der Waals surface area contributed by atoms with E-state index in [0.29, 0.717) is 0 Å². The van der Waals surface area contributed by atoms with Crippen LogP contribution in [0.5, 0.6) is 0 Å². The van der Waals surface area contributed by atoms with Crippen molar-refractivity contribution in [2.75, 3.05) is 0 Å². The Morgan fingerprint density at radius 3 is 1.09 bits per heavy atom. The molecule has 11 heavy (non-hydrogen) atoms. The molecule has 0 spiro atoms. The van der Waals surface area contributed by atoms with E-state index >= 15 is 0 Å². The summed E-state index contributed by atoms with van der Waals surface area (Å²) in [5, 5.41) is 0. The topological polar surface area (TPSA) is 0 Å². The van der Waals surface area contributed by atoms with Crippen LogP contribution >= 0.6 is 0 Å². The molecule has 2 saturated carbocycles. The quantitative estimate of drug-likeness (QED) is 0.500. The molecular weight excluding hydrogens is 159 g/mol. The molecule has 2 aliphatic carbocycles. The van der Waals surface area contributed by atoms with Gasteiger partial charge in [0.05, 0.1) is 0 Å². The van der Waals surface area contributed by atoms with Gasteiger partial charge in [-0.1, -0.05) is 51.4 Å². The van der Waals surface area contributed by atoms with Crippen molar-refractivity contribution in [3.63, 3.8) is 0 Å². The molecule has 1 heteroatoms. The summed E-state index contributed by atoms with van der Waals surface area (Å²) in [5.74, 6) is 2.31. The first-order valence-corrected chi connectivity index (χ1v) is 4.97. The van der Waals surface area contributed by atoms with Gasteiger partial charge in [-0.15, -0.1) is 0 Å². The molecule has 0 atom stereocenters. The van der Waals surface area contributed by atoms with E-state index in [4.69, 9.17) is 0 Å². The third-order valence-corrected chi connectivity index (χ3v) is 3.47. The molecule has 0 heterocycles. The van der Waals surface area contributed by atoms with Crippen LogP contribution in [0.15, 0.2) is 0 Å². The first kappa shape index (κ1) is 10.7. The fourth-order valence-electron chi connectivity index (χ4n) is 2.86. The summed E-state index contributed by atoms with van der Waals surface area (Å²) in [6.07, 6.45) is 12.4. The zero-order valence-electron chi connectivity index (χ0n) is 6.81. The Morgan fingerprint density at radius 1 is 0.545 bits per heavy atom. The molecule has 2 aliphatic rings. The van der Waals surface area contributed by atoms with E-state index in [-0.39, 0.29) is 51.4 Å². The van der Waals surface area contributed by atoms with Gasteiger partial charge in [0.25, 0.3) is 0 Å². The Kier molecular flexibility index (Phi) is 5.25. The second-order valence-corrected chi connectivity index (χ2v) is 4.09. The second kappa shape index (κ2) is 5.38. The van der Waals surface area contributed by atoms with Crippen molar-refractivity contribution in [2.45, 2.75) is 51.4 Å². The van der Waals surface area contributed by atoms with Crippen molar-refractivity contribution in [1.29, 1.82) is 0 Å². The Labute approximate surface area is 113 Å². The van der Waals surface area contributed by atoms with Crippen LogP contribution in [0, 0.1) is 11.8 Å². The molecule has 0 aromatic heterocycles. The van der Waals surface area contributed by atoms with Crippen molar-refractivity contribution in [3.05, 3.63) is 0 Å². The standard InChI is InChI=1S/C10H18.K.H/c1-2-6-10-8-4-3-7-9(10)5-1;;/h9-10H,1-8H2;;. The molecule has 2 rings (SSSR count). The predicted octanol–water partition coefficient (Wildman–Crippen LogP) is 2.72. The van der Waals surface area contributed by atoms with E-state index in [0.717, 1.165) is 11.8 Å². The van der Waals surface area contributed by atoms with E-state index in [9.17, 15) is 0 Å². The summed E-state index contributed by atoms with van der Waals surface area (Å²) < 4.78 is 0. The maximum atomic E-state index is 1.56. The van der Waals surface area contributed by atoms with Gasteiger partial charge in [0.2, 0.25) is 0 Å². The Hall–Kier alpha value is 1.64. The summed E-state index contributed by atoms with van der Waals surface area (Å²) in [6, 6.07) is 0. The van der Waals surface area contributed by atoms with Crippen LogP contribution in [0.25, 0.3) is 0 Å². The average molecular weight is 178 g/mol. The molecule has 0 saturated heterocycles. The fourth-order valence-corrected chi connectivity index (χ4v) is 2.86. The molecule has 0 radical (unpaired) electrons. The molecule has 0 aromatic rings. The van der Waals surface area contributed by atoms with Crippen LogP contribution in [0.4, 0.5) is 0 Å². The molecule has 0 amide bonds. The first-order chi connectivity index (χ1) is 4.97. The monoisotopic (exact) mass is 178 g/mol. The molecule has 60 valence electrons. The zero-order chi connectivity index (χ0) is 6.81. The fraction of sp³-hybridized carbons (Fsp3) is 1.00. The van der Waals surface area contributed by atoms with E-state index in [1.54, 1.807) is 25.7 Å². The van der Waals surface area contributed by atoms with Crippen LogP contribution in [-0.4, -0.2) is 51.4 Å². The Bertz CT molecular complexity index is 85.4. The predicted molar refractivity (Wildman–Crippen MR) is 51.1 cm³/mol. The zero-order valence-corrected chi connectivity index (χ0v) is 6.81. The minimum atomic E-state index is 0. The minimum absolute atomic E-state index is 0. The van der Waals surface area contributed by atoms with Gasteiger partial charge in [-0.2, -0.15) is 0 Å². The van der Waals surface area contributed by atoms with Crippen LogP contribution in [0.1, 0.15) is 51.4 Å². The van der Waals surface area contributed by atoms with Crippen LogP contribution in [-0.2, 0) is 0 Å². The van der Waals surface area contributed by atoms with Gasteiger partial charge in [-0.3, -0.25) is 0 Å². The van der Waals surface area contributed by atoms with Gasteiger partial charge < -0.3 is 0 Å². The normalized spacial score (nSPS) is 37.1. The molecule has 0 nitrogen and oxygen atoms in total. The van der Waals surface area contributed by atoms with E-state index < -0.39 is 0 Å². The van der Waals surface area contributed by atoms with Gasteiger partial charge in [0.15, 0.2) is 0 Å². The number of rotatable bonds is 0. The maximum absolute atomic E-state index is 1.56. The third kappa shape index (κ3) is 2.80. The van der Waals surface area contributed by atoms with Gasteiger partial charge in [-0.25, -0.2) is 0 Å². The van der Waals surface area contributed by atoms with Crippen LogP contribution in [0.2, 0.25) is 0 Å². The molecule has 0 aromatic carbocycles. The van der Waals surface area contributed by atoms with Gasteiger partial charge >= 0.3 is 51.4 Å². The van der Waals surface area contributed by atoms with E-state index in [1.807, 2.05) is 0 Å². The van der Waals surface area contributed by atoms with Crippen molar-refractivity contribution < 1.29 is 0 Å². The van der Waals surface area contributed by atoms with Gasteiger partial charge in [0, 0.05) is 0 Å². The van der Waals surface area contributed by atoms with Crippen molar-refractivity contribution >= 4 is 51.4 Å². The summed E-state index contributed by atoms with van der Waals surface area (Å²) in [5.41, 5.74) is 0. The van der Waals surface area contributed by atoms with Gasteiger partial charge in [0.1, 0.15) is 0 Å².